The SMILES string of the molecule is O=C1c2cc(Cl)ccc2CN1CC(O)CO. The van der Waals surface area contributed by atoms with Crippen molar-refractivity contribution >= 4 is 17.5 Å². The molecule has 0 saturated heterocycles. The highest BCUT2D eigenvalue weighted by molar-refractivity contribution is 6.31. The van der Waals surface area contributed by atoms with Gasteiger partial charge in [-0.3, -0.25) is 4.79 Å². The van der Waals surface area contributed by atoms with Gasteiger partial charge in [0.25, 0.3) is 5.91 Å². The fourth-order valence-electron chi connectivity index (χ4n) is 1.79. The average molecular weight is 242 g/mol. The zero-order valence-electron chi connectivity index (χ0n) is 8.56. The van der Waals surface area contributed by atoms with Crippen LogP contribution in [0.15, 0.2) is 18.2 Å². The molecule has 2 N–H and O–H groups in total. The summed E-state index contributed by atoms with van der Waals surface area (Å²) in [7, 11) is 0. The number of nitrogens with zero attached hydrogens (tertiary/aromatic N) is 1. The molecule has 0 aromatic heterocycles. The summed E-state index contributed by atoms with van der Waals surface area (Å²) in [5.74, 6) is -0.148. The fourth-order valence-corrected chi connectivity index (χ4v) is 1.97. The summed E-state index contributed by atoms with van der Waals surface area (Å²) in [4.78, 5) is 13.4. The molecule has 1 heterocycles. The molecule has 16 heavy (non-hydrogen) atoms. The van der Waals surface area contributed by atoms with Crippen LogP contribution in [0, 0.1) is 0 Å². The standard InChI is InChI=1S/C11H12ClNO3/c12-8-2-1-7-4-13(5-9(15)6-14)11(16)10(7)3-8/h1-3,9,14-15H,4-6H2. The van der Waals surface area contributed by atoms with Crippen molar-refractivity contribution in [2.45, 2.75) is 12.6 Å². The highest BCUT2D eigenvalue weighted by atomic mass is 35.5. The molecule has 2 rings (SSSR count). The van der Waals surface area contributed by atoms with Crippen LogP contribution in [0.1, 0.15) is 15.9 Å². The molecule has 4 nitrogen and oxygen atoms in total. The van der Waals surface area contributed by atoms with E-state index in [1.54, 1.807) is 18.2 Å². The van der Waals surface area contributed by atoms with E-state index in [-0.39, 0.29) is 19.1 Å². The van der Waals surface area contributed by atoms with Gasteiger partial charge in [-0.15, -0.1) is 0 Å². The van der Waals surface area contributed by atoms with Gasteiger partial charge in [-0.25, -0.2) is 0 Å². The van der Waals surface area contributed by atoms with E-state index in [2.05, 4.69) is 0 Å². The van der Waals surface area contributed by atoms with Crippen LogP contribution < -0.4 is 0 Å². The minimum Gasteiger partial charge on any atom is -0.394 e. The van der Waals surface area contributed by atoms with E-state index in [4.69, 9.17) is 16.7 Å². The van der Waals surface area contributed by atoms with Crippen molar-refractivity contribution in [2.75, 3.05) is 13.2 Å². The molecule has 1 aliphatic rings. The zero-order valence-corrected chi connectivity index (χ0v) is 9.31. The number of fused-ring (bicyclic) bond motifs is 1. The van der Waals surface area contributed by atoms with Crippen LogP contribution in [0.3, 0.4) is 0 Å². The number of halogens is 1. The molecule has 0 spiro atoms. The van der Waals surface area contributed by atoms with Crippen molar-refractivity contribution in [3.63, 3.8) is 0 Å². The van der Waals surface area contributed by atoms with E-state index in [0.29, 0.717) is 17.1 Å². The van der Waals surface area contributed by atoms with Crippen molar-refractivity contribution in [1.82, 2.24) is 4.90 Å². The quantitative estimate of drug-likeness (QED) is 0.817. The van der Waals surface area contributed by atoms with Gasteiger partial charge >= 0.3 is 0 Å². The lowest BCUT2D eigenvalue weighted by molar-refractivity contribution is 0.0475. The van der Waals surface area contributed by atoms with Gasteiger partial charge in [0.15, 0.2) is 0 Å². The minimum atomic E-state index is -0.895. The Hall–Kier alpha value is -1.10. The van der Waals surface area contributed by atoms with Crippen LogP contribution in [0.25, 0.3) is 0 Å². The maximum atomic E-state index is 11.9. The Labute approximate surface area is 98.1 Å². The molecule has 1 aromatic carbocycles. The number of hydrogen-bond acceptors (Lipinski definition) is 3. The number of carbonyl (C=O) groups is 1. The summed E-state index contributed by atoms with van der Waals surface area (Å²) in [6, 6.07) is 5.17. The van der Waals surface area contributed by atoms with E-state index in [1.807, 2.05) is 0 Å². The Kier molecular flexibility index (Phi) is 3.14. The third kappa shape index (κ3) is 2.04. The van der Waals surface area contributed by atoms with Crippen molar-refractivity contribution in [3.8, 4) is 0 Å². The summed E-state index contributed by atoms with van der Waals surface area (Å²) in [6.45, 7) is 0.255. The van der Waals surface area contributed by atoms with Crippen LogP contribution in [0.4, 0.5) is 0 Å². The highest BCUT2D eigenvalue weighted by Crippen LogP contribution is 2.25. The second-order valence-corrected chi connectivity index (χ2v) is 4.26. The van der Waals surface area contributed by atoms with E-state index >= 15 is 0 Å². The van der Waals surface area contributed by atoms with Crippen molar-refractivity contribution in [2.24, 2.45) is 0 Å². The summed E-state index contributed by atoms with van der Waals surface area (Å²) in [5, 5.41) is 18.6. The van der Waals surface area contributed by atoms with Gasteiger partial charge < -0.3 is 15.1 Å². The number of amides is 1. The molecular formula is C11H12ClNO3. The first-order chi connectivity index (χ1) is 7.61. The molecule has 1 unspecified atom stereocenters. The number of aliphatic hydroxyl groups is 2. The first kappa shape index (κ1) is 11.4. The maximum absolute atomic E-state index is 11.9. The van der Waals surface area contributed by atoms with E-state index in [9.17, 15) is 9.90 Å². The molecule has 1 aliphatic heterocycles. The Morgan fingerprint density at radius 2 is 2.25 bits per heavy atom. The Morgan fingerprint density at radius 3 is 2.94 bits per heavy atom. The molecule has 0 radical (unpaired) electrons. The average Bonchev–Trinajstić information content (AvgIpc) is 2.56. The second kappa shape index (κ2) is 4.41. The van der Waals surface area contributed by atoms with Crippen LogP contribution in [0.2, 0.25) is 5.02 Å². The molecule has 1 atom stereocenters. The van der Waals surface area contributed by atoms with Crippen LogP contribution >= 0.6 is 11.6 Å². The van der Waals surface area contributed by atoms with Gasteiger partial charge in [-0.1, -0.05) is 17.7 Å². The molecule has 0 saturated carbocycles. The van der Waals surface area contributed by atoms with Crippen molar-refractivity contribution in [1.29, 1.82) is 0 Å². The monoisotopic (exact) mass is 241 g/mol. The normalized spacial score (nSPS) is 16.4. The van der Waals surface area contributed by atoms with E-state index in [0.717, 1.165) is 5.56 Å². The van der Waals surface area contributed by atoms with Crippen molar-refractivity contribution < 1.29 is 15.0 Å². The van der Waals surface area contributed by atoms with E-state index < -0.39 is 6.10 Å². The number of carbonyl (C=O) groups excluding carboxylic acids is 1. The first-order valence-corrected chi connectivity index (χ1v) is 5.36. The molecule has 5 heteroatoms. The van der Waals surface area contributed by atoms with Gasteiger partial charge in [0, 0.05) is 23.7 Å². The molecule has 1 aromatic rings. The van der Waals surface area contributed by atoms with Crippen LogP contribution in [-0.2, 0) is 6.54 Å². The molecule has 1 amide bonds. The summed E-state index contributed by atoms with van der Waals surface area (Å²) >= 11 is 5.81. The van der Waals surface area contributed by atoms with Crippen LogP contribution in [0.5, 0.6) is 0 Å². The lowest BCUT2D eigenvalue weighted by Gasteiger charge is -2.18. The van der Waals surface area contributed by atoms with Crippen molar-refractivity contribution in [3.05, 3.63) is 34.3 Å². The lowest BCUT2D eigenvalue weighted by atomic mass is 10.1. The maximum Gasteiger partial charge on any atom is 0.254 e. The third-order valence-corrected chi connectivity index (χ3v) is 2.83. The summed E-state index contributed by atoms with van der Waals surface area (Å²) < 4.78 is 0. The Balaban J connectivity index is 2.18. The second-order valence-electron chi connectivity index (χ2n) is 3.82. The molecule has 0 aliphatic carbocycles. The third-order valence-electron chi connectivity index (χ3n) is 2.59. The van der Waals surface area contributed by atoms with Crippen LogP contribution in [-0.4, -0.2) is 40.3 Å². The molecule has 86 valence electrons. The predicted molar refractivity (Wildman–Crippen MR) is 59.3 cm³/mol. The van der Waals surface area contributed by atoms with Gasteiger partial charge in [0.05, 0.1) is 12.7 Å². The fraction of sp³-hybridized carbons (Fsp3) is 0.364. The number of benzene rings is 1. The minimum absolute atomic E-state index is 0.141. The first-order valence-electron chi connectivity index (χ1n) is 4.98. The van der Waals surface area contributed by atoms with Gasteiger partial charge in [-0.05, 0) is 17.7 Å². The topological polar surface area (TPSA) is 60.8 Å². The smallest absolute Gasteiger partial charge is 0.254 e. The summed E-state index contributed by atoms with van der Waals surface area (Å²) in [6.07, 6.45) is -0.895. The Morgan fingerprint density at radius 1 is 1.50 bits per heavy atom. The van der Waals surface area contributed by atoms with Gasteiger partial charge in [-0.2, -0.15) is 0 Å². The largest absolute Gasteiger partial charge is 0.394 e. The highest BCUT2D eigenvalue weighted by Gasteiger charge is 2.28. The number of hydrogen-bond donors (Lipinski definition) is 2. The number of β-amino-alcohol motifs (C(OH)–C–C–N with tert-alkyl or cyclic N) is 1. The predicted octanol–water partition coefficient (Wildman–Crippen LogP) is 0.649. The number of rotatable bonds is 3. The van der Waals surface area contributed by atoms with E-state index in [1.165, 1.54) is 4.90 Å². The summed E-state index contributed by atoms with van der Waals surface area (Å²) in [5.41, 5.74) is 1.48. The number of aliphatic hydroxyl groups excluding tert-OH is 2. The molecular weight excluding hydrogens is 230 g/mol. The molecule has 0 fully saturated rings. The lowest BCUT2D eigenvalue weighted by Crippen LogP contribution is -2.34. The Bertz CT molecular complexity index is 422. The van der Waals surface area contributed by atoms with Gasteiger partial charge in [0.1, 0.15) is 0 Å². The van der Waals surface area contributed by atoms with Gasteiger partial charge in [0.2, 0.25) is 0 Å². The zero-order chi connectivity index (χ0) is 11.7. The molecule has 0 bridgehead atoms.